The summed E-state index contributed by atoms with van der Waals surface area (Å²) in [5.74, 6) is 0.773. The van der Waals surface area contributed by atoms with Crippen molar-refractivity contribution in [3.05, 3.63) is 35.9 Å². The van der Waals surface area contributed by atoms with E-state index < -0.39 is 0 Å². The van der Waals surface area contributed by atoms with Gasteiger partial charge in [-0.25, -0.2) is 0 Å². The minimum Gasteiger partial charge on any atom is -0.395 e. The standard InChI is InChI=1S/C17H30N4O/c1-4-18-17(20-12-13-22)19-11-10-15(2)21(3)14-16-8-6-5-7-9-16/h5-9,15,22H,4,10-14H2,1-3H3,(H2,18,19,20). The number of aliphatic hydroxyl groups is 1. The largest absolute Gasteiger partial charge is 0.395 e. The van der Waals surface area contributed by atoms with Gasteiger partial charge in [-0.05, 0) is 32.9 Å². The summed E-state index contributed by atoms with van der Waals surface area (Å²) in [5.41, 5.74) is 1.33. The molecule has 1 rings (SSSR count). The van der Waals surface area contributed by atoms with E-state index in [0.29, 0.717) is 12.6 Å². The molecule has 124 valence electrons. The molecule has 1 atom stereocenters. The van der Waals surface area contributed by atoms with Crippen molar-refractivity contribution in [3.63, 3.8) is 0 Å². The predicted molar refractivity (Wildman–Crippen MR) is 93.1 cm³/mol. The second kappa shape index (κ2) is 11.0. The lowest BCUT2D eigenvalue weighted by molar-refractivity contribution is 0.240. The van der Waals surface area contributed by atoms with Gasteiger partial charge in [-0.1, -0.05) is 30.3 Å². The number of aliphatic hydroxyl groups excluding tert-OH is 1. The monoisotopic (exact) mass is 306 g/mol. The Morgan fingerprint density at radius 1 is 1.27 bits per heavy atom. The van der Waals surface area contributed by atoms with Crippen LogP contribution in [0.2, 0.25) is 0 Å². The van der Waals surface area contributed by atoms with Crippen molar-refractivity contribution < 1.29 is 5.11 Å². The zero-order chi connectivity index (χ0) is 16.2. The highest BCUT2D eigenvalue weighted by Gasteiger charge is 2.09. The third kappa shape index (κ3) is 7.43. The van der Waals surface area contributed by atoms with Crippen molar-refractivity contribution in [2.24, 2.45) is 4.99 Å². The Kier molecular flexibility index (Phi) is 9.26. The quantitative estimate of drug-likeness (QED) is 0.477. The van der Waals surface area contributed by atoms with Gasteiger partial charge in [-0.15, -0.1) is 0 Å². The van der Waals surface area contributed by atoms with Crippen molar-refractivity contribution >= 4 is 5.96 Å². The fraction of sp³-hybridized carbons (Fsp3) is 0.588. The summed E-state index contributed by atoms with van der Waals surface area (Å²) in [6.45, 7) is 7.44. The fourth-order valence-corrected chi connectivity index (χ4v) is 2.13. The zero-order valence-electron chi connectivity index (χ0n) is 14.0. The summed E-state index contributed by atoms with van der Waals surface area (Å²) >= 11 is 0. The van der Waals surface area contributed by atoms with Crippen LogP contribution in [0.5, 0.6) is 0 Å². The topological polar surface area (TPSA) is 59.9 Å². The molecule has 5 heteroatoms. The molecular weight excluding hydrogens is 276 g/mol. The molecule has 0 heterocycles. The van der Waals surface area contributed by atoms with Crippen LogP contribution in [-0.4, -0.2) is 55.3 Å². The first-order valence-corrected chi connectivity index (χ1v) is 8.04. The van der Waals surface area contributed by atoms with Gasteiger partial charge in [0.15, 0.2) is 5.96 Å². The van der Waals surface area contributed by atoms with Crippen LogP contribution < -0.4 is 10.6 Å². The van der Waals surface area contributed by atoms with Crippen LogP contribution in [0.25, 0.3) is 0 Å². The lowest BCUT2D eigenvalue weighted by Gasteiger charge is -2.24. The Morgan fingerprint density at radius 3 is 2.64 bits per heavy atom. The SMILES string of the molecule is CCNC(=NCCC(C)N(C)Cc1ccccc1)NCCO. The van der Waals surface area contributed by atoms with Gasteiger partial charge >= 0.3 is 0 Å². The van der Waals surface area contributed by atoms with E-state index in [4.69, 9.17) is 5.11 Å². The Balaban J connectivity index is 2.38. The molecule has 0 radical (unpaired) electrons. The molecule has 0 spiro atoms. The molecule has 0 aliphatic rings. The van der Waals surface area contributed by atoms with Gasteiger partial charge in [-0.3, -0.25) is 9.89 Å². The van der Waals surface area contributed by atoms with E-state index in [1.165, 1.54) is 5.56 Å². The average Bonchev–Trinajstić information content (AvgIpc) is 2.53. The van der Waals surface area contributed by atoms with Crippen LogP contribution in [0.15, 0.2) is 35.3 Å². The fourth-order valence-electron chi connectivity index (χ4n) is 2.13. The molecule has 1 unspecified atom stereocenters. The number of nitrogens with zero attached hydrogens (tertiary/aromatic N) is 2. The highest BCUT2D eigenvalue weighted by Crippen LogP contribution is 2.08. The molecule has 0 aliphatic carbocycles. The molecule has 5 nitrogen and oxygen atoms in total. The van der Waals surface area contributed by atoms with Crippen molar-refractivity contribution in [1.29, 1.82) is 0 Å². The molecule has 3 N–H and O–H groups in total. The maximum absolute atomic E-state index is 8.86. The molecule has 0 amide bonds. The van der Waals surface area contributed by atoms with Gasteiger partial charge in [0.2, 0.25) is 0 Å². The predicted octanol–water partition coefficient (Wildman–Crippen LogP) is 1.44. The zero-order valence-corrected chi connectivity index (χ0v) is 14.0. The number of aliphatic imine (C=N–C) groups is 1. The highest BCUT2D eigenvalue weighted by atomic mass is 16.3. The van der Waals surface area contributed by atoms with Crippen LogP contribution in [0.3, 0.4) is 0 Å². The normalized spacial score (nSPS) is 13.2. The minimum atomic E-state index is 0.112. The third-order valence-corrected chi connectivity index (χ3v) is 3.59. The Bertz CT molecular complexity index is 422. The van der Waals surface area contributed by atoms with Crippen LogP contribution in [-0.2, 0) is 6.54 Å². The second-order valence-corrected chi connectivity index (χ2v) is 5.45. The number of rotatable bonds is 9. The first kappa shape index (κ1) is 18.5. The van der Waals surface area contributed by atoms with Gasteiger partial charge in [0, 0.05) is 32.2 Å². The summed E-state index contributed by atoms with van der Waals surface area (Å²) < 4.78 is 0. The summed E-state index contributed by atoms with van der Waals surface area (Å²) in [7, 11) is 2.15. The van der Waals surface area contributed by atoms with Crippen LogP contribution >= 0.6 is 0 Å². The summed E-state index contributed by atoms with van der Waals surface area (Å²) in [5, 5.41) is 15.1. The minimum absolute atomic E-state index is 0.112. The van der Waals surface area contributed by atoms with Gasteiger partial charge < -0.3 is 15.7 Å². The average molecular weight is 306 g/mol. The van der Waals surface area contributed by atoms with Gasteiger partial charge in [-0.2, -0.15) is 0 Å². The smallest absolute Gasteiger partial charge is 0.191 e. The molecule has 0 saturated heterocycles. The molecule has 1 aromatic rings. The number of guanidine groups is 1. The van der Waals surface area contributed by atoms with Crippen LogP contribution in [0.4, 0.5) is 0 Å². The van der Waals surface area contributed by atoms with E-state index in [2.05, 4.69) is 58.8 Å². The number of nitrogens with one attached hydrogen (secondary N) is 2. The van der Waals surface area contributed by atoms with Crippen molar-refractivity contribution in [2.45, 2.75) is 32.9 Å². The first-order chi connectivity index (χ1) is 10.7. The van der Waals surface area contributed by atoms with Crippen LogP contribution in [0, 0.1) is 0 Å². The van der Waals surface area contributed by atoms with Crippen LogP contribution in [0.1, 0.15) is 25.8 Å². The van der Waals surface area contributed by atoms with Gasteiger partial charge in [0.25, 0.3) is 0 Å². The Hall–Kier alpha value is -1.59. The van der Waals surface area contributed by atoms with E-state index in [1.807, 2.05) is 13.0 Å². The van der Waals surface area contributed by atoms with Crippen molar-refractivity contribution in [3.8, 4) is 0 Å². The number of hydrogen-bond acceptors (Lipinski definition) is 3. The molecular formula is C17H30N4O. The molecule has 0 aromatic heterocycles. The lowest BCUT2D eigenvalue weighted by atomic mass is 10.1. The van der Waals surface area contributed by atoms with E-state index in [-0.39, 0.29) is 6.61 Å². The van der Waals surface area contributed by atoms with Crippen molar-refractivity contribution in [2.75, 3.05) is 33.3 Å². The molecule has 22 heavy (non-hydrogen) atoms. The summed E-state index contributed by atoms with van der Waals surface area (Å²) in [6, 6.07) is 11.0. The Labute approximate surface area is 134 Å². The van der Waals surface area contributed by atoms with E-state index in [0.717, 1.165) is 32.0 Å². The molecule has 0 fully saturated rings. The second-order valence-electron chi connectivity index (χ2n) is 5.45. The van der Waals surface area contributed by atoms with Gasteiger partial charge in [0.05, 0.1) is 6.61 Å². The molecule has 0 saturated carbocycles. The van der Waals surface area contributed by atoms with E-state index in [1.54, 1.807) is 0 Å². The maximum Gasteiger partial charge on any atom is 0.191 e. The Morgan fingerprint density at radius 2 is 2.00 bits per heavy atom. The lowest BCUT2D eigenvalue weighted by Crippen LogP contribution is -2.39. The van der Waals surface area contributed by atoms with Crippen molar-refractivity contribution in [1.82, 2.24) is 15.5 Å². The van der Waals surface area contributed by atoms with Gasteiger partial charge in [0.1, 0.15) is 0 Å². The number of hydrogen-bond donors (Lipinski definition) is 3. The third-order valence-electron chi connectivity index (χ3n) is 3.59. The first-order valence-electron chi connectivity index (χ1n) is 8.04. The highest BCUT2D eigenvalue weighted by molar-refractivity contribution is 5.79. The summed E-state index contributed by atoms with van der Waals surface area (Å²) in [6.07, 6.45) is 0.999. The van der Waals surface area contributed by atoms with E-state index >= 15 is 0 Å². The maximum atomic E-state index is 8.86. The molecule has 0 aliphatic heterocycles. The summed E-state index contributed by atoms with van der Waals surface area (Å²) in [4.78, 5) is 6.88. The molecule has 0 bridgehead atoms. The number of benzene rings is 1. The van der Waals surface area contributed by atoms with E-state index in [9.17, 15) is 0 Å². The molecule has 1 aromatic carbocycles.